The Morgan fingerprint density at radius 3 is 2.90 bits per heavy atom. The van der Waals surface area contributed by atoms with Crippen molar-refractivity contribution in [3.63, 3.8) is 0 Å². The minimum atomic E-state index is -0.445. The van der Waals surface area contributed by atoms with Crippen LogP contribution in [-0.2, 0) is 11.2 Å². The van der Waals surface area contributed by atoms with E-state index in [9.17, 15) is 9.18 Å². The van der Waals surface area contributed by atoms with Gasteiger partial charge in [-0.2, -0.15) is 0 Å². The van der Waals surface area contributed by atoms with E-state index in [1.165, 1.54) is 24.8 Å². The number of carbonyl (C=O) groups is 1. The average Bonchev–Trinajstić information content (AvgIpc) is 2.46. The van der Waals surface area contributed by atoms with E-state index in [2.05, 4.69) is 16.7 Å². The molecule has 0 bridgehead atoms. The number of nitrogens with one attached hydrogen (secondary N) is 2. The van der Waals surface area contributed by atoms with Crippen molar-refractivity contribution in [3.8, 4) is 5.75 Å². The van der Waals surface area contributed by atoms with Gasteiger partial charge in [-0.05, 0) is 30.7 Å². The van der Waals surface area contributed by atoms with E-state index in [0.717, 1.165) is 19.5 Å². The minimum absolute atomic E-state index is 0. The number of methoxy groups -OCH3 is 1. The Kier molecular flexibility index (Phi) is 7.19. The summed E-state index contributed by atoms with van der Waals surface area (Å²) < 4.78 is 18.3. The van der Waals surface area contributed by atoms with Gasteiger partial charge in [-0.25, -0.2) is 4.39 Å². The zero-order chi connectivity index (χ0) is 14.4. The van der Waals surface area contributed by atoms with Gasteiger partial charge >= 0.3 is 0 Å². The van der Waals surface area contributed by atoms with Crippen LogP contribution >= 0.6 is 12.4 Å². The molecule has 0 aliphatic carbocycles. The van der Waals surface area contributed by atoms with Gasteiger partial charge in [0.1, 0.15) is 0 Å². The van der Waals surface area contributed by atoms with Crippen molar-refractivity contribution in [2.75, 3.05) is 26.7 Å². The summed E-state index contributed by atoms with van der Waals surface area (Å²) in [5, 5.41) is 6.08. The Morgan fingerprint density at radius 1 is 1.48 bits per heavy atom. The molecule has 116 valence electrons. The highest BCUT2D eigenvalue weighted by Gasteiger charge is 2.09. The largest absolute Gasteiger partial charge is 0.494 e. The van der Waals surface area contributed by atoms with Crippen molar-refractivity contribution in [3.05, 3.63) is 41.2 Å². The van der Waals surface area contributed by atoms with Crippen molar-refractivity contribution in [2.24, 2.45) is 0 Å². The molecule has 2 N–H and O–H groups in total. The zero-order valence-corrected chi connectivity index (χ0v) is 12.8. The smallest absolute Gasteiger partial charge is 0.224 e. The van der Waals surface area contributed by atoms with Gasteiger partial charge in [-0.1, -0.05) is 17.7 Å². The van der Waals surface area contributed by atoms with E-state index in [-0.39, 0.29) is 30.5 Å². The van der Waals surface area contributed by atoms with Crippen molar-refractivity contribution in [1.29, 1.82) is 0 Å². The Hall–Kier alpha value is -1.59. The van der Waals surface area contributed by atoms with Gasteiger partial charge in [0.15, 0.2) is 11.6 Å². The Bertz CT molecular complexity index is 520. The topological polar surface area (TPSA) is 50.4 Å². The van der Waals surface area contributed by atoms with Crippen molar-refractivity contribution in [1.82, 2.24) is 10.6 Å². The molecule has 0 radical (unpaired) electrons. The van der Waals surface area contributed by atoms with Gasteiger partial charge in [0.25, 0.3) is 0 Å². The molecule has 1 aromatic rings. The number of amides is 1. The number of benzene rings is 1. The Balaban J connectivity index is 0.00000220. The molecule has 21 heavy (non-hydrogen) atoms. The normalized spacial score (nSPS) is 13.9. The quantitative estimate of drug-likeness (QED) is 0.815. The molecule has 0 saturated carbocycles. The molecule has 0 unspecified atom stereocenters. The lowest BCUT2D eigenvalue weighted by Crippen LogP contribution is -2.30. The average molecular weight is 315 g/mol. The second kappa shape index (κ2) is 8.64. The fourth-order valence-corrected chi connectivity index (χ4v) is 2.11. The van der Waals surface area contributed by atoms with Crippen LogP contribution in [0, 0.1) is 5.82 Å². The van der Waals surface area contributed by atoms with E-state index >= 15 is 0 Å². The van der Waals surface area contributed by atoms with Crippen LogP contribution in [-0.4, -0.2) is 32.7 Å². The fourth-order valence-electron chi connectivity index (χ4n) is 2.11. The molecular weight excluding hydrogens is 295 g/mol. The maximum absolute atomic E-state index is 13.5. The molecule has 1 aliphatic rings. The predicted molar refractivity (Wildman–Crippen MR) is 82.5 cm³/mol. The summed E-state index contributed by atoms with van der Waals surface area (Å²) in [5.41, 5.74) is 1.87. The second-order valence-corrected chi connectivity index (χ2v) is 4.74. The SMILES string of the molecule is COc1ccc(CC(=O)NCC2=CCNCC2)cc1F.Cl. The minimum Gasteiger partial charge on any atom is -0.494 e. The van der Waals surface area contributed by atoms with Gasteiger partial charge in [-0.3, -0.25) is 4.79 Å². The zero-order valence-electron chi connectivity index (χ0n) is 11.9. The van der Waals surface area contributed by atoms with Crippen molar-refractivity contribution < 1.29 is 13.9 Å². The van der Waals surface area contributed by atoms with Crippen LogP contribution in [0.5, 0.6) is 5.75 Å². The van der Waals surface area contributed by atoms with Crippen LogP contribution in [0.1, 0.15) is 12.0 Å². The highest BCUT2D eigenvalue weighted by molar-refractivity contribution is 5.85. The Morgan fingerprint density at radius 2 is 2.29 bits per heavy atom. The first kappa shape index (κ1) is 17.5. The molecule has 0 aromatic heterocycles. The van der Waals surface area contributed by atoms with Gasteiger partial charge in [0.05, 0.1) is 13.5 Å². The van der Waals surface area contributed by atoms with E-state index in [0.29, 0.717) is 12.1 Å². The summed E-state index contributed by atoms with van der Waals surface area (Å²) >= 11 is 0. The molecule has 1 aromatic carbocycles. The summed E-state index contributed by atoms with van der Waals surface area (Å²) in [7, 11) is 1.41. The van der Waals surface area contributed by atoms with Crippen LogP contribution < -0.4 is 15.4 Å². The standard InChI is InChI=1S/C15H19FN2O2.ClH/c1-20-14-3-2-12(8-13(14)16)9-15(19)18-10-11-4-6-17-7-5-11;/h2-4,8,17H,5-7,9-10H2,1H3,(H,18,19);1H. The summed E-state index contributed by atoms with van der Waals surface area (Å²) in [6, 6.07) is 4.57. The number of carbonyl (C=O) groups excluding carboxylic acids is 1. The molecule has 0 saturated heterocycles. The monoisotopic (exact) mass is 314 g/mol. The van der Waals surface area contributed by atoms with Crippen LogP contribution in [0.3, 0.4) is 0 Å². The van der Waals surface area contributed by atoms with Gasteiger partial charge < -0.3 is 15.4 Å². The lowest BCUT2D eigenvalue weighted by molar-refractivity contribution is -0.120. The lowest BCUT2D eigenvalue weighted by atomic mass is 10.1. The van der Waals surface area contributed by atoms with Gasteiger partial charge in [-0.15, -0.1) is 12.4 Å². The lowest BCUT2D eigenvalue weighted by Gasteiger charge is -2.14. The molecule has 4 nitrogen and oxygen atoms in total. The van der Waals surface area contributed by atoms with E-state index in [1.807, 2.05) is 0 Å². The summed E-state index contributed by atoms with van der Waals surface area (Å²) in [6.07, 6.45) is 3.22. The molecule has 6 heteroatoms. The van der Waals surface area contributed by atoms with E-state index in [1.54, 1.807) is 6.07 Å². The first-order valence-corrected chi connectivity index (χ1v) is 6.67. The summed E-state index contributed by atoms with van der Waals surface area (Å²) in [6.45, 7) is 2.37. The molecule has 1 amide bonds. The Labute approximate surface area is 130 Å². The molecule has 1 aliphatic heterocycles. The second-order valence-electron chi connectivity index (χ2n) is 4.74. The highest BCUT2D eigenvalue weighted by Crippen LogP contribution is 2.17. The molecular formula is C15H20ClFN2O2. The van der Waals surface area contributed by atoms with Gasteiger partial charge in [0, 0.05) is 13.1 Å². The van der Waals surface area contributed by atoms with Crippen molar-refractivity contribution >= 4 is 18.3 Å². The predicted octanol–water partition coefficient (Wildman–Crippen LogP) is 1.83. The molecule has 2 rings (SSSR count). The number of halogens is 2. The number of hydrogen-bond acceptors (Lipinski definition) is 3. The number of rotatable bonds is 5. The van der Waals surface area contributed by atoms with E-state index < -0.39 is 5.82 Å². The third-order valence-corrected chi connectivity index (χ3v) is 3.25. The summed E-state index contributed by atoms with van der Waals surface area (Å²) in [4.78, 5) is 11.8. The fraction of sp³-hybridized carbons (Fsp3) is 0.400. The van der Waals surface area contributed by atoms with Crippen LogP contribution in [0.2, 0.25) is 0 Å². The summed E-state index contributed by atoms with van der Waals surface area (Å²) in [5.74, 6) is -0.359. The third-order valence-electron chi connectivity index (χ3n) is 3.25. The maximum atomic E-state index is 13.5. The molecule has 0 atom stereocenters. The highest BCUT2D eigenvalue weighted by atomic mass is 35.5. The maximum Gasteiger partial charge on any atom is 0.224 e. The molecule has 1 heterocycles. The molecule has 0 spiro atoms. The van der Waals surface area contributed by atoms with E-state index in [4.69, 9.17) is 4.74 Å². The first-order valence-electron chi connectivity index (χ1n) is 6.67. The first-order chi connectivity index (χ1) is 9.69. The third kappa shape index (κ3) is 5.36. The number of ether oxygens (including phenoxy) is 1. The van der Waals surface area contributed by atoms with Gasteiger partial charge in [0.2, 0.25) is 5.91 Å². The molecule has 0 fully saturated rings. The van der Waals surface area contributed by atoms with Crippen molar-refractivity contribution in [2.45, 2.75) is 12.8 Å². The van der Waals surface area contributed by atoms with Crippen LogP contribution in [0.25, 0.3) is 0 Å². The van der Waals surface area contributed by atoms with Crippen LogP contribution in [0.4, 0.5) is 4.39 Å². The number of hydrogen-bond donors (Lipinski definition) is 2. The van der Waals surface area contributed by atoms with Crippen LogP contribution in [0.15, 0.2) is 29.8 Å².